The van der Waals surface area contributed by atoms with E-state index in [1.54, 1.807) is 6.92 Å². The zero-order valence-electron chi connectivity index (χ0n) is 10.5. The van der Waals surface area contributed by atoms with E-state index in [1.165, 1.54) is 32.1 Å². The Morgan fingerprint density at radius 1 is 1.38 bits per heavy atom. The molecule has 1 fully saturated rings. The molecule has 0 saturated heterocycles. The highest BCUT2D eigenvalue weighted by atomic mass is 16.4. The Kier molecular flexibility index (Phi) is 5.81. The maximum atomic E-state index is 10.8. The van der Waals surface area contributed by atoms with E-state index >= 15 is 0 Å². The standard InChI is InChI=1S/C13H25NO2/c1-3-5-11-6-4-7-12(9-8-11)14-10(2)13(15)16/h10-12,14H,3-9H2,1-2H3,(H,15,16). The Hall–Kier alpha value is -0.570. The summed E-state index contributed by atoms with van der Waals surface area (Å²) in [4.78, 5) is 10.8. The molecule has 1 aliphatic rings. The van der Waals surface area contributed by atoms with Crippen LogP contribution in [0.2, 0.25) is 0 Å². The van der Waals surface area contributed by atoms with Gasteiger partial charge in [0.15, 0.2) is 0 Å². The van der Waals surface area contributed by atoms with Crippen molar-refractivity contribution in [3.8, 4) is 0 Å². The van der Waals surface area contributed by atoms with Gasteiger partial charge in [-0.1, -0.05) is 32.6 Å². The first-order chi connectivity index (χ1) is 7.63. The summed E-state index contributed by atoms with van der Waals surface area (Å²) >= 11 is 0. The summed E-state index contributed by atoms with van der Waals surface area (Å²) in [5.41, 5.74) is 0. The van der Waals surface area contributed by atoms with Crippen molar-refractivity contribution in [2.75, 3.05) is 0 Å². The molecule has 0 amide bonds. The molecule has 0 bridgehead atoms. The number of carboxylic acids is 1. The van der Waals surface area contributed by atoms with Crippen LogP contribution in [0.1, 0.15) is 58.8 Å². The first-order valence-corrected chi connectivity index (χ1v) is 6.62. The molecule has 2 N–H and O–H groups in total. The highest BCUT2D eigenvalue weighted by Gasteiger charge is 2.21. The van der Waals surface area contributed by atoms with Gasteiger partial charge < -0.3 is 10.4 Å². The minimum Gasteiger partial charge on any atom is -0.480 e. The molecule has 3 atom stereocenters. The van der Waals surface area contributed by atoms with Crippen LogP contribution in [-0.2, 0) is 4.79 Å². The Balaban J connectivity index is 2.32. The number of rotatable bonds is 5. The van der Waals surface area contributed by atoms with Gasteiger partial charge in [-0.05, 0) is 32.1 Å². The molecule has 0 radical (unpaired) electrons. The lowest BCUT2D eigenvalue weighted by Crippen LogP contribution is -2.41. The zero-order valence-corrected chi connectivity index (χ0v) is 10.5. The summed E-state index contributed by atoms with van der Waals surface area (Å²) in [5.74, 6) is 0.131. The number of hydrogen-bond acceptors (Lipinski definition) is 2. The van der Waals surface area contributed by atoms with Gasteiger partial charge in [-0.15, -0.1) is 0 Å². The maximum absolute atomic E-state index is 10.8. The Morgan fingerprint density at radius 2 is 2.12 bits per heavy atom. The number of carboxylic acid groups (broad SMARTS) is 1. The van der Waals surface area contributed by atoms with Crippen molar-refractivity contribution in [1.29, 1.82) is 0 Å². The fourth-order valence-electron chi connectivity index (χ4n) is 2.67. The average molecular weight is 227 g/mol. The van der Waals surface area contributed by atoms with E-state index in [1.807, 2.05) is 0 Å². The molecule has 1 rings (SSSR count). The topological polar surface area (TPSA) is 49.3 Å². The lowest BCUT2D eigenvalue weighted by atomic mass is 9.95. The molecule has 0 aromatic heterocycles. The molecule has 3 heteroatoms. The maximum Gasteiger partial charge on any atom is 0.320 e. The third kappa shape index (κ3) is 4.52. The van der Waals surface area contributed by atoms with Crippen LogP contribution in [-0.4, -0.2) is 23.2 Å². The normalized spacial score (nSPS) is 28.4. The van der Waals surface area contributed by atoms with Crippen LogP contribution in [0.3, 0.4) is 0 Å². The quantitative estimate of drug-likeness (QED) is 0.710. The predicted molar refractivity (Wildman–Crippen MR) is 65.5 cm³/mol. The average Bonchev–Trinajstić information content (AvgIpc) is 2.44. The van der Waals surface area contributed by atoms with Crippen molar-refractivity contribution in [1.82, 2.24) is 5.32 Å². The van der Waals surface area contributed by atoms with Crippen LogP contribution in [0.5, 0.6) is 0 Å². The lowest BCUT2D eigenvalue weighted by molar-refractivity contribution is -0.139. The van der Waals surface area contributed by atoms with Gasteiger partial charge in [0.1, 0.15) is 6.04 Å². The van der Waals surface area contributed by atoms with E-state index in [4.69, 9.17) is 5.11 Å². The van der Waals surface area contributed by atoms with Gasteiger partial charge >= 0.3 is 5.97 Å². The first kappa shape index (κ1) is 13.5. The Labute approximate surface area is 98.6 Å². The monoisotopic (exact) mass is 227 g/mol. The molecule has 1 saturated carbocycles. The van der Waals surface area contributed by atoms with E-state index in [0.29, 0.717) is 6.04 Å². The molecule has 0 spiro atoms. The molecule has 0 aromatic carbocycles. The van der Waals surface area contributed by atoms with Crippen LogP contribution in [0, 0.1) is 5.92 Å². The fraction of sp³-hybridized carbons (Fsp3) is 0.923. The second-order valence-electron chi connectivity index (χ2n) is 5.09. The van der Waals surface area contributed by atoms with E-state index in [9.17, 15) is 4.79 Å². The molecule has 3 nitrogen and oxygen atoms in total. The third-order valence-electron chi connectivity index (χ3n) is 3.64. The van der Waals surface area contributed by atoms with Crippen molar-refractivity contribution in [3.05, 3.63) is 0 Å². The molecule has 0 aliphatic heterocycles. The second-order valence-corrected chi connectivity index (χ2v) is 5.09. The Morgan fingerprint density at radius 3 is 2.75 bits per heavy atom. The van der Waals surface area contributed by atoms with E-state index < -0.39 is 12.0 Å². The van der Waals surface area contributed by atoms with Crippen LogP contribution in [0.15, 0.2) is 0 Å². The number of aliphatic carboxylic acids is 1. The van der Waals surface area contributed by atoms with Crippen LogP contribution >= 0.6 is 0 Å². The molecule has 3 unspecified atom stereocenters. The summed E-state index contributed by atoms with van der Waals surface area (Å²) in [6, 6.07) is 0.000631. The van der Waals surface area contributed by atoms with Crippen molar-refractivity contribution in [2.45, 2.75) is 70.9 Å². The summed E-state index contributed by atoms with van der Waals surface area (Å²) in [5, 5.41) is 12.1. The van der Waals surface area contributed by atoms with E-state index in [0.717, 1.165) is 18.8 Å². The van der Waals surface area contributed by atoms with Gasteiger partial charge in [-0.2, -0.15) is 0 Å². The van der Waals surface area contributed by atoms with Crippen molar-refractivity contribution in [3.63, 3.8) is 0 Å². The largest absolute Gasteiger partial charge is 0.480 e. The predicted octanol–water partition coefficient (Wildman–Crippen LogP) is 2.80. The van der Waals surface area contributed by atoms with Crippen LogP contribution in [0.4, 0.5) is 0 Å². The van der Waals surface area contributed by atoms with Crippen molar-refractivity contribution < 1.29 is 9.90 Å². The van der Waals surface area contributed by atoms with Gasteiger partial charge in [-0.3, -0.25) is 4.79 Å². The van der Waals surface area contributed by atoms with Crippen LogP contribution in [0.25, 0.3) is 0 Å². The summed E-state index contributed by atoms with van der Waals surface area (Å²) in [6.07, 6.45) is 8.72. The minimum absolute atomic E-state index is 0.410. The molecular formula is C13H25NO2. The van der Waals surface area contributed by atoms with Gasteiger partial charge in [0, 0.05) is 6.04 Å². The van der Waals surface area contributed by atoms with Gasteiger partial charge in [-0.25, -0.2) is 0 Å². The van der Waals surface area contributed by atoms with Gasteiger partial charge in [0.25, 0.3) is 0 Å². The van der Waals surface area contributed by atoms with Crippen LogP contribution < -0.4 is 5.32 Å². The highest BCUT2D eigenvalue weighted by molar-refractivity contribution is 5.72. The molecular weight excluding hydrogens is 202 g/mol. The van der Waals surface area contributed by atoms with Crippen molar-refractivity contribution in [2.24, 2.45) is 5.92 Å². The molecule has 94 valence electrons. The number of hydrogen-bond donors (Lipinski definition) is 2. The summed E-state index contributed by atoms with van der Waals surface area (Å²) in [7, 11) is 0. The fourth-order valence-corrected chi connectivity index (χ4v) is 2.67. The van der Waals surface area contributed by atoms with E-state index in [-0.39, 0.29) is 0 Å². The minimum atomic E-state index is -0.741. The molecule has 0 aromatic rings. The SMILES string of the molecule is CCCC1CCCC(NC(C)C(=O)O)CC1. The Bertz CT molecular complexity index is 218. The molecule has 1 aliphatic carbocycles. The highest BCUT2D eigenvalue weighted by Crippen LogP contribution is 2.26. The number of nitrogens with one attached hydrogen (secondary N) is 1. The molecule has 16 heavy (non-hydrogen) atoms. The zero-order chi connectivity index (χ0) is 12.0. The van der Waals surface area contributed by atoms with Crippen molar-refractivity contribution >= 4 is 5.97 Å². The lowest BCUT2D eigenvalue weighted by Gasteiger charge is -2.19. The number of carbonyl (C=O) groups is 1. The van der Waals surface area contributed by atoms with Gasteiger partial charge in [0.05, 0.1) is 0 Å². The smallest absolute Gasteiger partial charge is 0.320 e. The second kappa shape index (κ2) is 6.89. The van der Waals surface area contributed by atoms with E-state index in [2.05, 4.69) is 12.2 Å². The van der Waals surface area contributed by atoms with Gasteiger partial charge in [0.2, 0.25) is 0 Å². The summed E-state index contributed by atoms with van der Waals surface area (Å²) < 4.78 is 0. The molecule has 0 heterocycles. The first-order valence-electron chi connectivity index (χ1n) is 6.62. The third-order valence-corrected chi connectivity index (χ3v) is 3.64. The summed E-state index contributed by atoms with van der Waals surface area (Å²) in [6.45, 7) is 3.98.